The third kappa shape index (κ3) is 3.27. The Morgan fingerprint density at radius 3 is 2.67 bits per heavy atom. The fourth-order valence-corrected chi connectivity index (χ4v) is 3.55. The fourth-order valence-electron chi connectivity index (χ4n) is 3.55. The Labute approximate surface area is 154 Å². The van der Waals surface area contributed by atoms with Crippen molar-refractivity contribution >= 4 is 17.8 Å². The molecule has 1 saturated carbocycles. The van der Waals surface area contributed by atoms with E-state index in [-0.39, 0.29) is 23.8 Å². The van der Waals surface area contributed by atoms with Gasteiger partial charge in [0.05, 0.1) is 12.4 Å². The molecule has 2 amide bonds. The number of nitrogens with zero attached hydrogens (tertiary/aromatic N) is 3. The maximum Gasteiger partial charge on any atom is 0.254 e. The second-order valence-electron chi connectivity index (χ2n) is 7.14. The Balaban J connectivity index is 1.53. The highest BCUT2D eigenvalue weighted by Crippen LogP contribution is 2.52. The summed E-state index contributed by atoms with van der Waals surface area (Å²) in [6.07, 6.45) is 2.61. The summed E-state index contributed by atoms with van der Waals surface area (Å²) in [7, 11) is 0. The SMILES string of the molecule is CC(F)c1ccc2c(c1)C1(CC1)CN(CC(=O)Nc1ncc(F)cn1)C2=O. The molecule has 1 aliphatic heterocycles. The first-order valence-electron chi connectivity index (χ1n) is 8.73. The van der Waals surface area contributed by atoms with Crippen molar-refractivity contribution in [2.45, 2.75) is 31.4 Å². The summed E-state index contributed by atoms with van der Waals surface area (Å²) in [5.74, 6) is -1.33. The Hall–Kier alpha value is -2.90. The van der Waals surface area contributed by atoms with Crippen LogP contribution in [0, 0.1) is 5.82 Å². The van der Waals surface area contributed by atoms with Crippen molar-refractivity contribution in [2.24, 2.45) is 0 Å². The van der Waals surface area contributed by atoms with Gasteiger partial charge in [-0.05, 0) is 37.0 Å². The maximum atomic E-state index is 13.7. The van der Waals surface area contributed by atoms with E-state index in [1.807, 2.05) is 0 Å². The molecule has 2 heterocycles. The van der Waals surface area contributed by atoms with Crippen LogP contribution in [-0.2, 0) is 10.2 Å². The molecule has 1 N–H and O–H groups in total. The van der Waals surface area contributed by atoms with Gasteiger partial charge in [0, 0.05) is 17.5 Å². The Bertz CT molecular complexity index is 910. The zero-order chi connectivity index (χ0) is 19.2. The van der Waals surface area contributed by atoms with Crippen LogP contribution in [0.25, 0.3) is 0 Å². The van der Waals surface area contributed by atoms with Gasteiger partial charge in [0.1, 0.15) is 12.7 Å². The summed E-state index contributed by atoms with van der Waals surface area (Å²) in [5, 5.41) is 2.46. The number of hydrogen-bond donors (Lipinski definition) is 1. The van der Waals surface area contributed by atoms with Crippen LogP contribution in [0.5, 0.6) is 0 Å². The summed E-state index contributed by atoms with van der Waals surface area (Å²) < 4.78 is 26.5. The minimum atomic E-state index is -1.10. The summed E-state index contributed by atoms with van der Waals surface area (Å²) in [6, 6.07) is 5.05. The Kier molecular flexibility index (Phi) is 4.13. The first kappa shape index (κ1) is 17.5. The number of anilines is 1. The van der Waals surface area contributed by atoms with Crippen molar-refractivity contribution in [3.8, 4) is 0 Å². The molecule has 8 heteroatoms. The molecule has 1 fully saturated rings. The van der Waals surface area contributed by atoms with Crippen molar-refractivity contribution in [1.29, 1.82) is 0 Å². The normalized spacial score (nSPS) is 18.2. The highest BCUT2D eigenvalue weighted by atomic mass is 19.1. The van der Waals surface area contributed by atoms with Gasteiger partial charge in [-0.25, -0.2) is 18.7 Å². The van der Waals surface area contributed by atoms with Crippen LogP contribution in [0.1, 0.15) is 47.4 Å². The average molecular weight is 372 g/mol. The number of hydrogen-bond acceptors (Lipinski definition) is 4. The van der Waals surface area contributed by atoms with Crippen molar-refractivity contribution in [2.75, 3.05) is 18.4 Å². The van der Waals surface area contributed by atoms with Gasteiger partial charge < -0.3 is 4.90 Å². The van der Waals surface area contributed by atoms with Crippen molar-refractivity contribution in [1.82, 2.24) is 14.9 Å². The molecule has 2 aliphatic rings. The molecule has 1 aromatic carbocycles. The van der Waals surface area contributed by atoms with Crippen LogP contribution in [-0.4, -0.2) is 39.8 Å². The molecule has 140 valence electrons. The third-order valence-corrected chi connectivity index (χ3v) is 5.15. The van der Waals surface area contributed by atoms with Gasteiger partial charge in [0.15, 0.2) is 5.82 Å². The van der Waals surface area contributed by atoms with Crippen LogP contribution >= 0.6 is 0 Å². The lowest BCUT2D eigenvalue weighted by Gasteiger charge is -2.34. The van der Waals surface area contributed by atoms with Crippen LogP contribution in [0.15, 0.2) is 30.6 Å². The van der Waals surface area contributed by atoms with Gasteiger partial charge in [0.25, 0.3) is 5.91 Å². The molecule has 0 bridgehead atoms. The molecular weight excluding hydrogens is 354 g/mol. The highest BCUT2D eigenvalue weighted by Gasteiger charge is 2.51. The van der Waals surface area contributed by atoms with Gasteiger partial charge in [-0.2, -0.15) is 0 Å². The van der Waals surface area contributed by atoms with Crippen LogP contribution < -0.4 is 5.32 Å². The van der Waals surface area contributed by atoms with E-state index in [1.165, 1.54) is 11.8 Å². The zero-order valence-corrected chi connectivity index (χ0v) is 14.7. The lowest BCUT2D eigenvalue weighted by molar-refractivity contribution is -0.117. The van der Waals surface area contributed by atoms with Crippen molar-refractivity contribution < 1.29 is 18.4 Å². The lowest BCUT2D eigenvalue weighted by Crippen LogP contribution is -2.46. The first-order valence-corrected chi connectivity index (χ1v) is 8.73. The van der Waals surface area contributed by atoms with Crippen LogP contribution in [0.2, 0.25) is 0 Å². The van der Waals surface area contributed by atoms with E-state index >= 15 is 0 Å². The van der Waals surface area contributed by atoms with Gasteiger partial charge in [-0.1, -0.05) is 12.1 Å². The number of halogens is 2. The molecule has 2 aromatic rings. The summed E-state index contributed by atoms with van der Waals surface area (Å²) in [5.41, 5.74) is 1.77. The summed E-state index contributed by atoms with van der Waals surface area (Å²) in [6.45, 7) is 1.74. The number of rotatable bonds is 4. The number of alkyl halides is 1. The molecule has 1 spiro atoms. The molecule has 1 aliphatic carbocycles. The van der Waals surface area contributed by atoms with Crippen molar-refractivity contribution in [3.05, 3.63) is 53.1 Å². The number of benzene rings is 1. The van der Waals surface area contributed by atoms with E-state index in [0.717, 1.165) is 30.8 Å². The Morgan fingerprint density at radius 1 is 1.33 bits per heavy atom. The topological polar surface area (TPSA) is 75.2 Å². The summed E-state index contributed by atoms with van der Waals surface area (Å²) >= 11 is 0. The standard InChI is InChI=1S/C19H18F2N4O2/c1-11(20)12-2-3-14-15(6-12)19(4-5-19)10-25(17(14)27)9-16(26)24-18-22-7-13(21)8-23-18/h2-3,6-8,11H,4-5,9-10H2,1H3,(H,22,23,24,26). The van der Waals surface area contributed by atoms with E-state index in [9.17, 15) is 18.4 Å². The van der Waals surface area contributed by atoms with Crippen molar-refractivity contribution in [3.63, 3.8) is 0 Å². The van der Waals surface area contributed by atoms with Gasteiger partial charge >= 0.3 is 0 Å². The van der Waals surface area contributed by atoms with E-state index in [1.54, 1.807) is 18.2 Å². The smallest absolute Gasteiger partial charge is 0.254 e. The number of carbonyl (C=O) groups excluding carboxylic acids is 2. The zero-order valence-electron chi connectivity index (χ0n) is 14.7. The molecule has 1 aromatic heterocycles. The van der Waals surface area contributed by atoms with E-state index in [4.69, 9.17) is 0 Å². The van der Waals surface area contributed by atoms with E-state index < -0.39 is 17.9 Å². The highest BCUT2D eigenvalue weighted by molar-refractivity contribution is 6.01. The summed E-state index contributed by atoms with van der Waals surface area (Å²) in [4.78, 5) is 33.9. The third-order valence-electron chi connectivity index (χ3n) is 5.15. The number of carbonyl (C=O) groups is 2. The molecule has 6 nitrogen and oxygen atoms in total. The first-order chi connectivity index (χ1) is 12.9. The molecule has 27 heavy (non-hydrogen) atoms. The quantitative estimate of drug-likeness (QED) is 0.896. The molecule has 1 unspecified atom stereocenters. The maximum absolute atomic E-state index is 13.7. The predicted molar refractivity (Wildman–Crippen MR) is 93.4 cm³/mol. The molecule has 0 saturated heterocycles. The average Bonchev–Trinajstić information content (AvgIpc) is 3.41. The predicted octanol–water partition coefficient (Wildman–Crippen LogP) is 2.77. The largest absolute Gasteiger partial charge is 0.328 e. The van der Waals surface area contributed by atoms with Gasteiger partial charge in [-0.15, -0.1) is 0 Å². The molecule has 1 atom stereocenters. The number of aromatic nitrogens is 2. The number of nitrogens with one attached hydrogen (secondary N) is 1. The van der Waals surface area contributed by atoms with E-state index in [2.05, 4.69) is 15.3 Å². The van der Waals surface area contributed by atoms with Gasteiger partial charge in [-0.3, -0.25) is 14.9 Å². The minimum absolute atomic E-state index is 0.0195. The van der Waals surface area contributed by atoms with Crippen LogP contribution in [0.3, 0.4) is 0 Å². The van der Waals surface area contributed by atoms with Gasteiger partial charge in [0.2, 0.25) is 11.9 Å². The molecular formula is C19H18F2N4O2. The number of fused-ring (bicyclic) bond motifs is 2. The minimum Gasteiger partial charge on any atom is -0.328 e. The second kappa shape index (κ2) is 6.37. The lowest BCUT2D eigenvalue weighted by atomic mass is 9.85. The molecule has 0 radical (unpaired) electrons. The fraction of sp³-hybridized carbons (Fsp3) is 0.368. The van der Waals surface area contributed by atoms with Crippen LogP contribution in [0.4, 0.5) is 14.7 Å². The number of amides is 2. The second-order valence-corrected chi connectivity index (χ2v) is 7.14. The molecule has 4 rings (SSSR count). The Morgan fingerprint density at radius 2 is 2.04 bits per heavy atom. The monoisotopic (exact) mass is 372 g/mol. The van der Waals surface area contributed by atoms with E-state index in [0.29, 0.717) is 17.7 Å².